The lowest BCUT2D eigenvalue weighted by Gasteiger charge is -2.12. The number of aryl methyl sites for hydroxylation is 1. The van der Waals surface area contributed by atoms with Crippen molar-refractivity contribution in [3.8, 4) is 0 Å². The fourth-order valence-corrected chi connectivity index (χ4v) is 3.32. The summed E-state index contributed by atoms with van der Waals surface area (Å²) < 4.78 is 27.2. The Morgan fingerprint density at radius 3 is 2.78 bits per heavy atom. The molecular weight excluding hydrogens is 258 g/mol. The summed E-state index contributed by atoms with van der Waals surface area (Å²) in [5.74, 6) is -1.06. The van der Waals surface area contributed by atoms with Crippen LogP contribution in [0, 0.1) is 5.92 Å². The molecule has 100 valence electrons. The van der Waals surface area contributed by atoms with Crippen LogP contribution in [-0.2, 0) is 21.9 Å². The van der Waals surface area contributed by atoms with Crippen molar-refractivity contribution in [2.45, 2.75) is 18.9 Å². The number of aliphatic carboxylic acids is 1. The van der Waals surface area contributed by atoms with Gasteiger partial charge in [-0.3, -0.25) is 9.48 Å². The van der Waals surface area contributed by atoms with Crippen LogP contribution in [0.3, 0.4) is 0 Å². The molecule has 8 heteroatoms. The molecule has 0 bridgehead atoms. The number of carboxylic acid groups (broad SMARTS) is 1. The van der Waals surface area contributed by atoms with Crippen LogP contribution in [0.25, 0.3) is 0 Å². The number of carboxylic acids is 1. The monoisotopic (exact) mass is 273 g/mol. The molecule has 0 aromatic carbocycles. The van der Waals surface area contributed by atoms with E-state index in [-0.39, 0.29) is 11.7 Å². The molecule has 0 aliphatic heterocycles. The van der Waals surface area contributed by atoms with Crippen LogP contribution in [0.5, 0.6) is 0 Å². The highest BCUT2D eigenvalue weighted by atomic mass is 32.2. The van der Waals surface area contributed by atoms with Gasteiger partial charge in [0.15, 0.2) is 0 Å². The van der Waals surface area contributed by atoms with Crippen molar-refractivity contribution in [1.29, 1.82) is 0 Å². The van der Waals surface area contributed by atoms with Gasteiger partial charge in [0, 0.05) is 18.8 Å². The van der Waals surface area contributed by atoms with E-state index in [9.17, 15) is 13.2 Å². The smallest absolute Gasteiger partial charge is 0.326 e. The van der Waals surface area contributed by atoms with E-state index in [0.29, 0.717) is 5.56 Å². The molecule has 0 amide bonds. The molecule has 1 aliphatic rings. The average Bonchev–Trinajstić information content (AvgIpc) is 2.94. The molecule has 0 spiro atoms. The van der Waals surface area contributed by atoms with E-state index in [1.165, 1.54) is 17.1 Å². The van der Waals surface area contributed by atoms with Crippen molar-refractivity contribution in [2.24, 2.45) is 13.0 Å². The normalized spacial score (nSPS) is 17.6. The summed E-state index contributed by atoms with van der Waals surface area (Å²) in [5.41, 5.74) is 0.323. The van der Waals surface area contributed by atoms with Gasteiger partial charge in [-0.25, -0.2) is 8.42 Å². The van der Waals surface area contributed by atoms with Crippen molar-refractivity contribution in [3.05, 3.63) is 18.0 Å². The third-order valence-electron chi connectivity index (χ3n) is 2.75. The second-order valence-corrected chi connectivity index (χ2v) is 6.36. The molecule has 1 heterocycles. The first-order chi connectivity index (χ1) is 8.37. The van der Waals surface area contributed by atoms with Gasteiger partial charge in [0.25, 0.3) is 0 Å². The maximum absolute atomic E-state index is 11.8. The van der Waals surface area contributed by atoms with Crippen LogP contribution in [0.1, 0.15) is 24.4 Å². The van der Waals surface area contributed by atoms with Gasteiger partial charge in [0.05, 0.1) is 11.9 Å². The molecule has 18 heavy (non-hydrogen) atoms. The van der Waals surface area contributed by atoms with E-state index >= 15 is 0 Å². The van der Waals surface area contributed by atoms with E-state index in [1.54, 1.807) is 7.05 Å². The van der Waals surface area contributed by atoms with Crippen LogP contribution in [0.4, 0.5) is 0 Å². The number of hydrogen-bond acceptors (Lipinski definition) is 4. The molecule has 1 atom stereocenters. The molecule has 1 fully saturated rings. The molecule has 1 unspecified atom stereocenters. The maximum Gasteiger partial charge on any atom is 0.326 e. The van der Waals surface area contributed by atoms with E-state index in [1.807, 2.05) is 0 Å². The molecule has 0 saturated heterocycles. The molecule has 1 aromatic rings. The highest BCUT2D eigenvalue weighted by Crippen LogP contribution is 2.30. The van der Waals surface area contributed by atoms with Crippen LogP contribution in [0.15, 0.2) is 12.4 Å². The number of nitrogens with one attached hydrogen (secondary N) is 1. The van der Waals surface area contributed by atoms with Gasteiger partial charge in [0.1, 0.15) is 6.04 Å². The van der Waals surface area contributed by atoms with E-state index in [4.69, 9.17) is 5.11 Å². The first kappa shape index (κ1) is 13.0. The molecule has 0 radical (unpaired) electrons. The largest absolute Gasteiger partial charge is 0.480 e. The SMILES string of the molecule is Cn1cc(C(NS(=O)(=O)CC2CC2)C(=O)O)cn1. The second kappa shape index (κ2) is 4.69. The lowest BCUT2D eigenvalue weighted by molar-refractivity contribution is -0.139. The summed E-state index contributed by atoms with van der Waals surface area (Å²) in [4.78, 5) is 11.1. The highest BCUT2D eigenvalue weighted by Gasteiger charge is 2.32. The quantitative estimate of drug-likeness (QED) is 0.752. The van der Waals surface area contributed by atoms with Crippen molar-refractivity contribution < 1.29 is 18.3 Å². The Morgan fingerprint density at radius 2 is 2.33 bits per heavy atom. The first-order valence-electron chi connectivity index (χ1n) is 5.59. The molecule has 1 saturated carbocycles. The molecule has 2 N–H and O–H groups in total. The minimum Gasteiger partial charge on any atom is -0.480 e. The predicted octanol–water partition coefficient (Wildman–Crippen LogP) is -0.125. The molecule has 2 rings (SSSR count). The lowest BCUT2D eigenvalue weighted by atomic mass is 10.2. The molecule has 1 aromatic heterocycles. The van der Waals surface area contributed by atoms with E-state index in [0.717, 1.165) is 12.8 Å². The summed E-state index contributed by atoms with van der Waals surface area (Å²) in [6, 6.07) is -1.28. The lowest BCUT2D eigenvalue weighted by Crippen LogP contribution is -2.35. The van der Waals surface area contributed by atoms with E-state index in [2.05, 4.69) is 9.82 Å². The number of carbonyl (C=O) groups is 1. The Hall–Kier alpha value is -1.41. The van der Waals surface area contributed by atoms with Gasteiger partial charge in [-0.2, -0.15) is 9.82 Å². The minimum atomic E-state index is -3.57. The third kappa shape index (κ3) is 3.30. The van der Waals surface area contributed by atoms with Crippen molar-refractivity contribution >= 4 is 16.0 Å². The summed E-state index contributed by atoms with van der Waals surface area (Å²) >= 11 is 0. The van der Waals surface area contributed by atoms with Gasteiger partial charge >= 0.3 is 5.97 Å². The highest BCUT2D eigenvalue weighted by molar-refractivity contribution is 7.89. The fourth-order valence-electron chi connectivity index (χ4n) is 1.67. The summed E-state index contributed by atoms with van der Waals surface area (Å²) in [6.45, 7) is 0. The zero-order valence-electron chi connectivity index (χ0n) is 9.91. The van der Waals surface area contributed by atoms with Crippen molar-refractivity contribution in [3.63, 3.8) is 0 Å². The number of rotatable bonds is 6. The van der Waals surface area contributed by atoms with Crippen molar-refractivity contribution in [1.82, 2.24) is 14.5 Å². The van der Waals surface area contributed by atoms with E-state index < -0.39 is 22.0 Å². The van der Waals surface area contributed by atoms with Gasteiger partial charge in [0.2, 0.25) is 10.0 Å². The molecular formula is C10H15N3O4S. The maximum atomic E-state index is 11.8. The van der Waals surface area contributed by atoms with Gasteiger partial charge in [-0.05, 0) is 18.8 Å². The van der Waals surface area contributed by atoms with Gasteiger partial charge < -0.3 is 5.11 Å². The zero-order chi connectivity index (χ0) is 13.3. The summed E-state index contributed by atoms with van der Waals surface area (Å²) in [5, 5.41) is 12.9. The van der Waals surface area contributed by atoms with Crippen LogP contribution in [0.2, 0.25) is 0 Å². The Labute approximate surface area is 105 Å². The molecule has 7 nitrogen and oxygen atoms in total. The Kier molecular flexibility index (Phi) is 3.40. The predicted molar refractivity (Wildman–Crippen MR) is 63.2 cm³/mol. The first-order valence-corrected chi connectivity index (χ1v) is 7.24. The number of nitrogens with zero attached hydrogens (tertiary/aromatic N) is 2. The minimum absolute atomic E-state index is 0.00293. The second-order valence-electron chi connectivity index (χ2n) is 4.56. The average molecular weight is 273 g/mol. The summed E-state index contributed by atoms with van der Waals surface area (Å²) in [7, 11) is -1.93. The number of aromatic nitrogens is 2. The Morgan fingerprint density at radius 1 is 1.67 bits per heavy atom. The summed E-state index contributed by atoms with van der Waals surface area (Å²) in [6.07, 6.45) is 4.62. The van der Waals surface area contributed by atoms with Crippen LogP contribution < -0.4 is 4.72 Å². The fraction of sp³-hybridized carbons (Fsp3) is 0.600. The standard InChI is InChI=1S/C10H15N3O4S/c1-13-5-8(4-11-13)9(10(14)15)12-18(16,17)6-7-2-3-7/h4-5,7,9,12H,2-3,6H2,1H3,(H,14,15). The molecule has 1 aliphatic carbocycles. The van der Waals surface area contributed by atoms with Crippen LogP contribution >= 0.6 is 0 Å². The Balaban J connectivity index is 2.13. The Bertz CT molecular complexity index is 547. The number of hydrogen-bond donors (Lipinski definition) is 2. The van der Waals surface area contributed by atoms with Crippen molar-refractivity contribution in [2.75, 3.05) is 5.75 Å². The van der Waals surface area contributed by atoms with Gasteiger partial charge in [-0.15, -0.1) is 0 Å². The van der Waals surface area contributed by atoms with Crippen LogP contribution in [-0.4, -0.2) is 35.0 Å². The van der Waals surface area contributed by atoms with Gasteiger partial charge in [-0.1, -0.05) is 0 Å². The number of sulfonamides is 1. The third-order valence-corrected chi connectivity index (χ3v) is 4.26. The zero-order valence-corrected chi connectivity index (χ0v) is 10.7. The topological polar surface area (TPSA) is 101 Å².